The van der Waals surface area contributed by atoms with Crippen LogP contribution in [-0.2, 0) is 26.2 Å². The van der Waals surface area contributed by atoms with Crippen LogP contribution in [0.15, 0.2) is 72.8 Å². The second-order valence-electron chi connectivity index (χ2n) is 5.41. The van der Waals surface area contributed by atoms with Gasteiger partial charge in [-0.15, -0.1) is 34.5 Å². The van der Waals surface area contributed by atoms with E-state index in [4.69, 9.17) is 0 Å². The zero-order valence-corrected chi connectivity index (χ0v) is 16.7. The summed E-state index contributed by atoms with van der Waals surface area (Å²) in [5.41, 5.74) is 3.95. The fourth-order valence-corrected chi connectivity index (χ4v) is 3.01. The van der Waals surface area contributed by atoms with Crippen molar-refractivity contribution in [1.29, 1.82) is 0 Å². The third kappa shape index (κ3) is 3.74. The monoisotopic (exact) mass is 415 g/mol. The van der Waals surface area contributed by atoms with E-state index in [0.717, 1.165) is 0 Å². The van der Waals surface area contributed by atoms with Crippen molar-refractivity contribution >= 4 is 21.5 Å². The molecule has 0 saturated carbocycles. The summed E-state index contributed by atoms with van der Waals surface area (Å²) in [6, 6.07) is 26.3. The summed E-state index contributed by atoms with van der Waals surface area (Å²) < 4.78 is 0. The molecule has 0 saturated heterocycles. The molecule has 0 aliphatic rings. The molecule has 4 aromatic carbocycles. The average Bonchev–Trinajstić information content (AvgIpc) is 2.90. The quantitative estimate of drug-likeness (QED) is 0.373. The molecule has 3 heteroatoms. The van der Waals surface area contributed by atoms with Crippen molar-refractivity contribution < 1.29 is 51.0 Å². The van der Waals surface area contributed by atoms with Gasteiger partial charge in [-0.3, -0.25) is 0 Å². The van der Waals surface area contributed by atoms with Crippen LogP contribution in [-0.4, -0.2) is 0 Å². The Morgan fingerprint density at radius 3 is 2.13 bits per heavy atom. The molecule has 0 aromatic heterocycles. The summed E-state index contributed by atoms with van der Waals surface area (Å²) in [4.78, 5) is 0. The van der Waals surface area contributed by atoms with Crippen molar-refractivity contribution in [3.63, 3.8) is 0 Å². The van der Waals surface area contributed by atoms with Crippen molar-refractivity contribution in [3.8, 4) is 11.1 Å². The molecule has 0 heterocycles. The molecule has 0 N–H and O–H groups in total. The molecular weight excluding hydrogens is 402 g/mol. The summed E-state index contributed by atoms with van der Waals surface area (Å²) in [7, 11) is 0. The van der Waals surface area contributed by atoms with Crippen LogP contribution < -0.4 is 24.8 Å². The van der Waals surface area contributed by atoms with E-state index >= 15 is 0 Å². The van der Waals surface area contributed by atoms with E-state index in [1.54, 1.807) is 0 Å². The van der Waals surface area contributed by atoms with Crippen LogP contribution in [0.4, 0.5) is 0 Å². The molecule has 23 heavy (non-hydrogen) atoms. The van der Waals surface area contributed by atoms with Gasteiger partial charge in [0.15, 0.2) is 0 Å². The number of rotatable bonds is 1. The Hall–Kier alpha value is -1.01. The van der Waals surface area contributed by atoms with Crippen LogP contribution in [0.3, 0.4) is 0 Å². The molecule has 0 unspecified atom stereocenters. The van der Waals surface area contributed by atoms with Crippen molar-refractivity contribution in [2.75, 3.05) is 0 Å². The molecule has 0 aliphatic carbocycles. The Bertz CT molecular complexity index is 892. The maximum atomic E-state index is 2.29. The molecule has 1 radical (unpaired) electrons. The van der Waals surface area contributed by atoms with E-state index in [-0.39, 0.29) is 51.0 Å². The first kappa shape index (κ1) is 20.0. The Morgan fingerprint density at radius 2 is 1.39 bits per heavy atom. The molecule has 0 atom stereocenters. The molecule has 4 rings (SSSR count). The average molecular weight is 417 g/mol. The van der Waals surface area contributed by atoms with Crippen molar-refractivity contribution in [3.05, 3.63) is 78.4 Å². The normalized spacial score (nSPS) is 9.78. The van der Waals surface area contributed by atoms with Crippen molar-refractivity contribution in [1.82, 2.24) is 0 Å². The van der Waals surface area contributed by atoms with Gasteiger partial charge in [0, 0.05) is 0 Å². The summed E-state index contributed by atoms with van der Waals surface area (Å²) in [5.74, 6) is 0. The van der Waals surface area contributed by atoms with E-state index in [9.17, 15) is 0 Å². The predicted octanol–water partition coefficient (Wildman–Crippen LogP) is -0.307. The minimum Gasteiger partial charge on any atom is -1.00 e. The van der Waals surface area contributed by atoms with E-state index in [1.807, 2.05) is 0 Å². The van der Waals surface area contributed by atoms with E-state index in [0.29, 0.717) is 0 Å². The summed E-state index contributed by atoms with van der Waals surface area (Å²) in [6.07, 6.45) is 0. The molecule has 113 valence electrons. The van der Waals surface area contributed by atoms with Gasteiger partial charge >= 0.3 is 26.2 Å². The molecule has 0 bridgehead atoms. The molecule has 0 nitrogen and oxygen atoms in total. The minimum atomic E-state index is 0. The van der Waals surface area contributed by atoms with Crippen LogP contribution in [0.25, 0.3) is 32.7 Å². The van der Waals surface area contributed by atoms with E-state index in [1.165, 1.54) is 38.2 Å². The number of benzene rings is 3. The zero-order valence-electron chi connectivity index (χ0n) is 12.7. The van der Waals surface area contributed by atoms with Gasteiger partial charge in [0.2, 0.25) is 0 Å². The first-order chi connectivity index (χ1) is 9.81. The van der Waals surface area contributed by atoms with Crippen LogP contribution in [0.2, 0.25) is 0 Å². The Kier molecular flexibility index (Phi) is 7.14. The third-order valence-corrected chi connectivity index (χ3v) is 3.94. The Balaban J connectivity index is 0.000000882. The second-order valence-corrected chi connectivity index (χ2v) is 5.41. The van der Waals surface area contributed by atoms with Gasteiger partial charge in [-0.2, -0.15) is 0 Å². The van der Waals surface area contributed by atoms with E-state index < -0.39 is 0 Å². The zero-order chi connectivity index (χ0) is 13.5. The number of hydrogen-bond acceptors (Lipinski definition) is 0. The Morgan fingerprint density at radius 1 is 0.739 bits per heavy atom. The fourth-order valence-electron chi connectivity index (χ4n) is 3.01. The first-order valence-corrected chi connectivity index (χ1v) is 6.96. The summed E-state index contributed by atoms with van der Waals surface area (Å²) in [5, 5.41) is 5.27. The van der Waals surface area contributed by atoms with Gasteiger partial charge < -0.3 is 24.8 Å². The number of halogens is 2. The van der Waals surface area contributed by atoms with Crippen LogP contribution in [0, 0.1) is 6.92 Å². The van der Waals surface area contributed by atoms with Crippen LogP contribution >= 0.6 is 0 Å². The van der Waals surface area contributed by atoms with Gasteiger partial charge in [-0.25, -0.2) is 0 Å². The standard InChI is InChI=1S/C20H15.2ClH.Zr/c1-14-10-17-8-4-5-9-19(17)20(11-14)18-12-15-6-2-3-7-16(15)13-18;;;/h2-13H,1H3;2*1H;/q-1;;;+3/p-2. The molecule has 0 fully saturated rings. The van der Waals surface area contributed by atoms with Gasteiger partial charge in [-0.05, 0) is 17.7 Å². The summed E-state index contributed by atoms with van der Waals surface area (Å²) >= 11 is 0. The smallest absolute Gasteiger partial charge is 1.00 e. The largest absolute Gasteiger partial charge is 3.00 e. The molecule has 0 spiro atoms. The van der Waals surface area contributed by atoms with Crippen LogP contribution in [0.5, 0.6) is 0 Å². The number of hydrogen-bond donors (Lipinski definition) is 0. The summed E-state index contributed by atoms with van der Waals surface area (Å²) in [6.45, 7) is 2.17. The molecule has 0 aliphatic heterocycles. The predicted molar refractivity (Wildman–Crippen MR) is 87.2 cm³/mol. The van der Waals surface area contributed by atoms with Gasteiger partial charge in [0.25, 0.3) is 0 Å². The number of aryl methyl sites for hydroxylation is 1. The first-order valence-electron chi connectivity index (χ1n) is 6.96. The minimum absolute atomic E-state index is 0. The SMILES string of the molecule is Cc1cc(-c2cc3ccccc3[cH-]2)c2ccccc2c1.[Cl-].[Cl-].[Zr+3]. The maximum absolute atomic E-state index is 2.29. The molecule has 4 aromatic rings. The maximum Gasteiger partial charge on any atom is 3.00 e. The van der Waals surface area contributed by atoms with Gasteiger partial charge in [0.1, 0.15) is 0 Å². The van der Waals surface area contributed by atoms with Gasteiger partial charge in [0.05, 0.1) is 0 Å². The molecule has 0 amide bonds. The van der Waals surface area contributed by atoms with Crippen molar-refractivity contribution in [2.45, 2.75) is 6.92 Å². The van der Waals surface area contributed by atoms with Gasteiger partial charge in [-0.1, -0.05) is 65.7 Å². The topological polar surface area (TPSA) is 0 Å². The Labute approximate surface area is 168 Å². The third-order valence-electron chi connectivity index (χ3n) is 3.94. The molecular formula is C20H15Cl2Zr. The fraction of sp³-hybridized carbons (Fsp3) is 0.0500. The van der Waals surface area contributed by atoms with Crippen LogP contribution in [0.1, 0.15) is 5.56 Å². The van der Waals surface area contributed by atoms with Crippen molar-refractivity contribution in [2.24, 2.45) is 0 Å². The number of fused-ring (bicyclic) bond motifs is 2. The van der Waals surface area contributed by atoms with E-state index in [2.05, 4.69) is 79.7 Å². The second kappa shape index (κ2) is 8.20.